The molecular weight excluding hydrogens is 214 g/mol. The maximum atomic E-state index is 9.47. The minimum Gasteiger partial charge on any atom is -0.392 e. The number of fused-ring (bicyclic) bond motifs is 1. The van der Waals surface area contributed by atoms with Crippen molar-refractivity contribution in [2.75, 3.05) is 6.54 Å². The van der Waals surface area contributed by atoms with Crippen LogP contribution < -0.4 is 5.32 Å². The highest BCUT2D eigenvalue weighted by Gasteiger charge is 2.07. The number of benzene rings is 1. The maximum absolute atomic E-state index is 9.47. The van der Waals surface area contributed by atoms with E-state index in [0.29, 0.717) is 13.1 Å². The third kappa shape index (κ3) is 2.65. The van der Waals surface area contributed by atoms with Crippen molar-refractivity contribution in [1.29, 1.82) is 0 Å². The Labute approximate surface area is 101 Å². The summed E-state index contributed by atoms with van der Waals surface area (Å²) < 4.78 is 1.89. The molecule has 1 heterocycles. The molecule has 1 aromatic heterocycles. The van der Waals surface area contributed by atoms with Crippen LogP contribution in [0.25, 0.3) is 10.9 Å². The van der Waals surface area contributed by atoms with Gasteiger partial charge < -0.3 is 10.4 Å². The second-order valence-corrected chi connectivity index (χ2v) is 4.28. The number of hydrogen-bond donors (Lipinski definition) is 2. The lowest BCUT2D eigenvalue weighted by atomic mass is 10.2. The molecule has 1 unspecified atom stereocenters. The van der Waals surface area contributed by atoms with Crippen molar-refractivity contribution in [2.45, 2.75) is 26.0 Å². The molecule has 0 aliphatic rings. The zero-order valence-electron chi connectivity index (χ0n) is 10.3. The third-order valence-corrected chi connectivity index (χ3v) is 2.98. The van der Waals surface area contributed by atoms with Gasteiger partial charge in [-0.3, -0.25) is 4.68 Å². The first-order valence-corrected chi connectivity index (χ1v) is 6.01. The van der Waals surface area contributed by atoms with E-state index in [1.807, 2.05) is 30.8 Å². The minimum absolute atomic E-state index is 0.273. The molecule has 0 amide bonds. The smallest absolute Gasteiger partial charge is 0.0841 e. The van der Waals surface area contributed by atoms with Crippen LogP contribution >= 0.6 is 0 Å². The van der Waals surface area contributed by atoms with E-state index in [0.717, 1.165) is 17.6 Å². The molecule has 2 aromatic rings. The fraction of sp³-hybridized carbons (Fsp3) is 0.462. The van der Waals surface area contributed by atoms with Gasteiger partial charge in [-0.15, -0.1) is 0 Å². The number of rotatable bonds is 5. The summed E-state index contributed by atoms with van der Waals surface area (Å²) in [6.07, 6.45) is 0.501. The second kappa shape index (κ2) is 5.29. The predicted molar refractivity (Wildman–Crippen MR) is 68.7 cm³/mol. The van der Waals surface area contributed by atoms with Gasteiger partial charge in [0, 0.05) is 25.5 Å². The predicted octanol–water partition coefficient (Wildman–Crippen LogP) is 1.43. The highest BCUT2D eigenvalue weighted by Crippen LogP contribution is 2.16. The lowest BCUT2D eigenvalue weighted by Gasteiger charge is -2.07. The quantitative estimate of drug-likeness (QED) is 0.821. The lowest BCUT2D eigenvalue weighted by molar-refractivity contribution is 0.167. The molecule has 4 heteroatoms. The van der Waals surface area contributed by atoms with E-state index >= 15 is 0 Å². The summed E-state index contributed by atoms with van der Waals surface area (Å²) in [4.78, 5) is 0. The number of hydrogen-bond acceptors (Lipinski definition) is 3. The normalized spacial score (nSPS) is 13.1. The molecule has 2 N–H and O–H groups in total. The molecule has 0 bridgehead atoms. The lowest BCUT2D eigenvalue weighted by Crippen LogP contribution is -2.25. The highest BCUT2D eigenvalue weighted by atomic mass is 16.3. The molecule has 92 valence electrons. The van der Waals surface area contributed by atoms with Crippen molar-refractivity contribution in [2.24, 2.45) is 7.05 Å². The number of aliphatic hydroxyl groups is 1. The number of aromatic nitrogens is 2. The summed E-state index contributed by atoms with van der Waals surface area (Å²) >= 11 is 0. The minimum atomic E-state index is -0.273. The van der Waals surface area contributed by atoms with Crippen LogP contribution in [0.3, 0.4) is 0 Å². The van der Waals surface area contributed by atoms with Gasteiger partial charge in [0.25, 0.3) is 0 Å². The average molecular weight is 233 g/mol. The first kappa shape index (κ1) is 12.1. The molecule has 2 rings (SSSR count). The van der Waals surface area contributed by atoms with Crippen LogP contribution in [0.4, 0.5) is 0 Å². The van der Waals surface area contributed by atoms with Crippen molar-refractivity contribution in [1.82, 2.24) is 15.1 Å². The number of nitrogens with one attached hydrogen (secondary N) is 1. The van der Waals surface area contributed by atoms with E-state index in [1.165, 1.54) is 5.39 Å². The molecule has 0 spiro atoms. The zero-order valence-corrected chi connectivity index (χ0v) is 10.3. The third-order valence-electron chi connectivity index (χ3n) is 2.98. The van der Waals surface area contributed by atoms with Crippen LogP contribution in [0.2, 0.25) is 0 Å². The van der Waals surface area contributed by atoms with Gasteiger partial charge in [-0.25, -0.2) is 0 Å². The van der Waals surface area contributed by atoms with Crippen molar-refractivity contribution < 1.29 is 5.11 Å². The number of para-hydroxylation sites is 1. The van der Waals surface area contributed by atoms with E-state index in [1.54, 1.807) is 0 Å². The molecule has 0 aliphatic heterocycles. The summed E-state index contributed by atoms with van der Waals surface area (Å²) in [6, 6.07) is 8.18. The van der Waals surface area contributed by atoms with E-state index in [-0.39, 0.29) is 6.10 Å². The van der Waals surface area contributed by atoms with Gasteiger partial charge in [0.15, 0.2) is 0 Å². The average Bonchev–Trinajstić information content (AvgIpc) is 2.67. The molecule has 0 saturated heterocycles. The largest absolute Gasteiger partial charge is 0.392 e. The van der Waals surface area contributed by atoms with Gasteiger partial charge in [0.1, 0.15) is 0 Å². The van der Waals surface area contributed by atoms with Crippen LogP contribution in [0.1, 0.15) is 19.0 Å². The van der Waals surface area contributed by atoms with Crippen molar-refractivity contribution in [3.8, 4) is 0 Å². The number of aliphatic hydroxyl groups excluding tert-OH is 1. The molecule has 0 aliphatic carbocycles. The fourth-order valence-corrected chi connectivity index (χ4v) is 1.92. The van der Waals surface area contributed by atoms with Gasteiger partial charge in [-0.1, -0.05) is 25.1 Å². The summed E-state index contributed by atoms with van der Waals surface area (Å²) in [7, 11) is 1.95. The maximum Gasteiger partial charge on any atom is 0.0841 e. The Morgan fingerprint density at radius 1 is 1.41 bits per heavy atom. The summed E-state index contributed by atoms with van der Waals surface area (Å²) in [5.74, 6) is 0. The zero-order chi connectivity index (χ0) is 12.3. The number of nitrogens with zero attached hydrogens (tertiary/aromatic N) is 2. The summed E-state index contributed by atoms with van der Waals surface area (Å²) in [6.45, 7) is 3.28. The Morgan fingerprint density at radius 3 is 2.94 bits per heavy atom. The number of aryl methyl sites for hydroxylation is 1. The molecule has 17 heavy (non-hydrogen) atoms. The van der Waals surface area contributed by atoms with Crippen molar-refractivity contribution in [3.05, 3.63) is 30.0 Å². The van der Waals surface area contributed by atoms with Crippen LogP contribution in [0, 0.1) is 0 Å². The SMILES string of the molecule is CCC(O)CNCc1nn(C)c2ccccc12. The first-order valence-electron chi connectivity index (χ1n) is 6.01. The van der Waals surface area contributed by atoms with Crippen molar-refractivity contribution in [3.63, 3.8) is 0 Å². The molecule has 0 radical (unpaired) electrons. The molecule has 1 aromatic carbocycles. The van der Waals surface area contributed by atoms with Gasteiger partial charge in [-0.05, 0) is 12.5 Å². The Hall–Kier alpha value is -1.39. The fourth-order valence-electron chi connectivity index (χ4n) is 1.92. The molecule has 0 fully saturated rings. The van der Waals surface area contributed by atoms with Gasteiger partial charge >= 0.3 is 0 Å². The van der Waals surface area contributed by atoms with Gasteiger partial charge in [0.05, 0.1) is 17.3 Å². The Kier molecular flexibility index (Phi) is 3.76. The van der Waals surface area contributed by atoms with Gasteiger partial charge in [-0.2, -0.15) is 5.10 Å². The van der Waals surface area contributed by atoms with Crippen LogP contribution in [0.5, 0.6) is 0 Å². The molecule has 4 nitrogen and oxygen atoms in total. The van der Waals surface area contributed by atoms with Crippen LogP contribution in [-0.4, -0.2) is 27.5 Å². The van der Waals surface area contributed by atoms with E-state index in [4.69, 9.17) is 0 Å². The molecule has 0 saturated carbocycles. The Morgan fingerprint density at radius 2 is 2.18 bits per heavy atom. The second-order valence-electron chi connectivity index (χ2n) is 4.28. The van der Waals surface area contributed by atoms with E-state index < -0.39 is 0 Å². The van der Waals surface area contributed by atoms with E-state index in [2.05, 4.69) is 22.5 Å². The van der Waals surface area contributed by atoms with Crippen LogP contribution in [-0.2, 0) is 13.6 Å². The van der Waals surface area contributed by atoms with Crippen molar-refractivity contribution >= 4 is 10.9 Å². The Balaban J connectivity index is 2.09. The highest BCUT2D eigenvalue weighted by molar-refractivity contribution is 5.81. The van der Waals surface area contributed by atoms with E-state index in [9.17, 15) is 5.11 Å². The summed E-state index contributed by atoms with van der Waals surface area (Å²) in [5, 5.41) is 18.4. The molecular formula is C13H19N3O. The topological polar surface area (TPSA) is 50.1 Å². The standard InChI is InChI=1S/C13H19N3O/c1-3-10(17)8-14-9-12-11-6-4-5-7-13(11)16(2)15-12/h4-7,10,14,17H,3,8-9H2,1-2H3. The summed E-state index contributed by atoms with van der Waals surface area (Å²) in [5.41, 5.74) is 2.17. The Bertz CT molecular complexity index is 492. The van der Waals surface area contributed by atoms with Gasteiger partial charge in [0.2, 0.25) is 0 Å². The monoisotopic (exact) mass is 233 g/mol. The molecule has 1 atom stereocenters. The van der Waals surface area contributed by atoms with Crippen LogP contribution in [0.15, 0.2) is 24.3 Å². The first-order chi connectivity index (χ1) is 8.22.